The van der Waals surface area contributed by atoms with Gasteiger partial charge in [-0.05, 0) is 77.5 Å². The van der Waals surface area contributed by atoms with Crippen LogP contribution < -0.4 is 0 Å². The smallest absolute Gasteiger partial charge is 0.136 e. The summed E-state index contributed by atoms with van der Waals surface area (Å²) in [5.74, 6) is 0. The Kier molecular flexibility index (Phi) is 3.18. The summed E-state index contributed by atoms with van der Waals surface area (Å²) in [5.41, 5.74) is 2.53. The van der Waals surface area contributed by atoms with Gasteiger partial charge in [0, 0.05) is 15.2 Å². The third-order valence-corrected chi connectivity index (χ3v) is 7.14. The third-order valence-electron chi connectivity index (χ3n) is 6.29. The van der Waals surface area contributed by atoms with Crippen LogP contribution in [-0.2, 0) is 0 Å². The highest BCUT2D eigenvalue weighted by Crippen LogP contribution is 2.45. The van der Waals surface area contributed by atoms with Crippen molar-refractivity contribution in [3.8, 4) is 11.1 Å². The van der Waals surface area contributed by atoms with Crippen molar-refractivity contribution in [2.24, 2.45) is 0 Å². The van der Waals surface area contributed by atoms with Gasteiger partial charge in [-0.1, -0.05) is 84.9 Å². The first-order valence-electron chi connectivity index (χ1n) is 12.0. The van der Waals surface area contributed by atoms with Crippen LogP contribution in [0.4, 0.5) is 0 Å². The van der Waals surface area contributed by atoms with Crippen molar-refractivity contribution in [2.75, 3.05) is 0 Å². The molecule has 7 rings (SSSR count). The van der Waals surface area contributed by atoms with Crippen molar-refractivity contribution in [1.29, 1.82) is 0 Å². The fourth-order valence-electron chi connectivity index (χ4n) is 4.86. The van der Waals surface area contributed by atoms with Crippen LogP contribution in [0.2, 0.25) is 0 Å². The minimum atomic E-state index is -0.132. The summed E-state index contributed by atoms with van der Waals surface area (Å²) >= 11 is 3.81. The van der Waals surface area contributed by atoms with Gasteiger partial charge in [0.1, 0.15) is 11.2 Å². The zero-order valence-electron chi connectivity index (χ0n) is 19.9. The Balaban J connectivity index is 1.79. The average Bonchev–Trinajstić information content (AvgIpc) is 3.26. The summed E-state index contributed by atoms with van der Waals surface area (Å²) in [7, 11) is 0. The highest BCUT2D eigenvalue weighted by atomic mass is 79.9. The van der Waals surface area contributed by atoms with E-state index in [0.717, 1.165) is 53.1 Å². The van der Waals surface area contributed by atoms with Gasteiger partial charge >= 0.3 is 0 Å². The van der Waals surface area contributed by atoms with E-state index < -0.39 is 0 Å². The van der Waals surface area contributed by atoms with E-state index in [0.29, 0.717) is 16.7 Å². The summed E-state index contributed by atoms with van der Waals surface area (Å²) in [5, 5.41) is 7.72. The molecule has 6 aromatic carbocycles. The van der Waals surface area contributed by atoms with Gasteiger partial charge in [0.25, 0.3) is 0 Å². The maximum absolute atomic E-state index is 9.08. The molecule has 0 radical (unpaired) electrons. The van der Waals surface area contributed by atoms with Crippen molar-refractivity contribution in [3.63, 3.8) is 0 Å². The molecule has 150 valence electrons. The fourth-order valence-corrected chi connectivity index (χ4v) is 5.56. The predicted octanol–water partition coefficient (Wildman–Crippen LogP) is 9.48. The zero-order valence-corrected chi connectivity index (χ0v) is 18.5. The Hall–Kier alpha value is -3.62. The van der Waals surface area contributed by atoms with Gasteiger partial charge in [0.05, 0.1) is 4.11 Å². The molecule has 0 spiro atoms. The number of hydrogen-bond acceptors (Lipinski definition) is 1. The van der Waals surface area contributed by atoms with E-state index in [1.807, 2.05) is 48.5 Å². The van der Waals surface area contributed by atoms with E-state index >= 15 is 0 Å². The summed E-state index contributed by atoms with van der Waals surface area (Å²) in [4.78, 5) is 0. The van der Waals surface area contributed by atoms with Crippen LogP contribution in [0.25, 0.3) is 65.4 Å². The third kappa shape index (κ3) is 2.44. The van der Waals surface area contributed by atoms with Crippen LogP contribution in [0.15, 0.2) is 112 Å². The largest absolute Gasteiger partial charge is 0.456 e. The number of fused-ring (bicyclic) bond motifs is 6. The molecule has 0 aliphatic rings. The first-order valence-corrected chi connectivity index (χ1v) is 11.3. The first-order chi connectivity index (χ1) is 17.0. The summed E-state index contributed by atoms with van der Waals surface area (Å²) in [6.45, 7) is 0. The van der Waals surface area contributed by atoms with Crippen LogP contribution in [0, 0.1) is 0 Å². The van der Waals surface area contributed by atoms with Gasteiger partial charge < -0.3 is 4.42 Å². The second-order valence-corrected chi connectivity index (χ2v) is 8.82. The molecule has 0 aliphatic carbocycles. The molecule has 0 atom stereocenters. The van der Waals surface area contributed by atoms with Gasteiger partial charge in [-0.25, -0.2) is 0 Å². The van der Waals surface area contributed by atoms with Gasteiger partial charge in [-0.2, -0.15) is 0 Å². The van der Waals surface area contributed by atoms with Crippen LogP contribution >= 0.6 is 15.9 Å². The SMILES string of the molecule is [2H]c1c([2H])c(-c2c3ccccc3c(Br)c3ccccc23)c2c(oc3cc4ccccc4cc32)c1[2H]. The number of hydrogen-bond donors (Lipinski definition) is 0. The molecule has 0 fully saturated rings. The molecule has 0 N–H and O–H groups in total. The van der Waals surface area contributed by atoms with Crippen molar-refractivity contribution in [2.45, 2.75) is 0 Å². The predicted molar refractivity (Wildman–Crippen MR) is 139 cm³/mol. The van der Waals surface area contributed by atoms with Gasteiger partial charge in [0.15, 0.2) is 0 Å². The van der Waals surface area contributed by atoms with Crippen LogP contribution in [0.1, 0.15) is 4.11 Å². The highest BCUT2D eigenvalue weighted by molar-refractivity contribution is 9.10. The molecule has 1 heterocycles. The van der Waals surface area contributed by atoms with Gasteiger partial charge in [0.2, 0.25) is 0 Å². The van der Waals surface area contributed by atoms with E-state index in [9.17, 15) is 0 Å². The molecule has 1 nitrogen and oxygen atoms in total. The molecule has 7 aromatic rings. The van der Waals surface area contributed by atoms with Crippen LogP contribution in [-0.4, -0.2) is 0 Å². The second-order valence-electron chi connectivity index (χ2n) is 8.03. The minimum Gasteiger partial charge on any atom is -0.456 e. The van der Waals surface area contributed by atoms with Crippen molar-refractivity contribution < 1.29 is 8.53 Å². The number of halogens is 1. The van der Waals surface area contributed by atoms with E-state index in [1.54, 1.807) is 0 Å². The number of benzene rings is 6. The molecular formula is C30H17BrO. The normalized spacial score (nSPS) is 13.2. The Labute approximate surface area is 197 Å². The molecule has 0 bridgehead atoms. The molecule has 0 saturated heterocycles. The van der Waals surface area contributed by atoms with E-state index in [2.05, 4.69) is 52.3 Å². The lowest BCUT2D eigenvalue weighted by Crippen LogP contribution is -1.88. The van der Waals surface area contributed by atoms with Gasteiger partial charge in [-0.3, -0.25) is 0 Å². The maximum Gasteiger partial charge on any atom is 0.136 e. The lowest BCUT2D eigenvalue weighted by molar-refractivity contribution is 0.669. The molecule has 1 aromatic heterocycles. The molecule has 0 saturated carbocycles. The Morgan fingerprint density at radius 1 is 0.625 bits per heavy atom. The van der Waals surface area contributed by atoms with E-state index in [-0.39, 0.29) is 18.1 Å². The summed E-state index contributed by atoms with van der Waals surface area (Å²) < 4.78 is 33.6. The molecule has 0 unspecified atom stereocenters. The topological polar surface area (TPSA) is 13.1 Å². The summed E-state index contributed by atoms with van der Waals surface area (Å²) in [6, 6.07) is 28.2. The Morgan fingerprint density at radius 3 is 1.91 bits per heavy atom. The fraction of sp³-hybridized carbons (Fsp3) is 0. The highest BCUT2D eigenvalue weighted by Gasteiger charge is 2.18. The lowest BCUT2D eigenvalue weighted by atomic mass is 9.89. The van der Waals surface area contributed by atoms with Crippen molar-refractivity contribution >= 4 is 70.2 Å². The van der Waals surface area contributed by atoms with Crippen molar-refractivity contribution in [1.82, 2.24) is 0 Å². The number of furan rings is 1. The molecule has 32 heavy (non-hydrogen) atoms. The lowest BCUT2D eigenvalue weighted by Gasteiger charge is -2.15. The Bertz CT molecular complexity index is 1950. The molecule has 0 aliphatic heterocycles. The van der Waals surface area contributed by atoms with Crippen molar-refractivity contribution in [3.05, 3.63) is 108 Å². The monoisotopic (exact) mass is 475 g/mol. The number of rotatable bonds is 1. The Morgan fingerprint density at radius 2 is 1.22 bits per heavy atom. The van der Waals surface area contributed by atoms with Gasteiger partial charge in [-0.15, -0.1) is 0 Å². The van der Waals surface area contributed by atoms with Crippen LogP contribution in [0.5, 0.6) is 0 Å². The maximum atomic E-state index is 9.08. The second kappa shape index (κ2) is 6.69. The molecular weight excluding hydrogens is 456 g/mol. The molecule has 2 heteroatoms. The summed E-state index contributed by atoms with van der Waals surface area (Å²) in [6.07, 6.45) is 0. The standard InChI is InChI=1S/C30H17BrO/c31-30-22-12-5-3-10-20(22)28(21-11-4-6-13-23(21)30)24-14-7-15-26-29(24)25-16-18-8-1-2-9-19(18)17-27(25)32-26/h1-17H/i7D,14D,15D. The zero-order chi connectivity index (χ0) is 23.8. The minimum absolute atomic E-state index is 0.0380. The first kappa shape index (κ1) is 15.2. The van der Waals surface area contributed by atoms with E-state index in [1.165, 1.54) is 0 Å². The van der Waals surface area contributed by atoms with E-state index in [4.69, 9.17) is 8.53 Å². The quantitative estimate of drug-likeness (QED) is 0.215. The average molecular weight is 476 g/mol. The molecule has 0 amide bonds. The van der Waals surface area contributed by atoms with Crippen LogP contribution in [0.3, 0.4) is 0 Å².